The molecule has 0 radical (unpaired) electrons. The lowest BCUT2D eigenvalue weighted by atomic mass is 10.1. The first-order valence-corrected chi connectivity index (χ1v) is 4.14. The summed E-state index contributed by atoms with van der Waals surface area (Å²) in [4.78, 5) is 2.72. The molecule has 0 aromatic heterocycles. The molecule has 0 amide bonds. The highest BCUT2D eigenvalue weighted by atomic mass is 15.1. The number of nitrogen functional groups attached to an aromatic ring is 1. The summed E-state index contributed by atoms with van der Waals surface area (Å²) < 4.78 is 0. The predicted molar refractivity (Wildman–Crippen MR) is 57.2 cm³/mol. The summed E-state index contributed by atoms with van der Waals surface area (Å²) in [5.74, 6) is 0. The Bertz CT molecular complexity index is 527. The summed E-state index contributed by atoms with van der Waals surface area (Å²) in [6, 6.07) is 11.4. The van der Waals surface area contributed by atoms with Gasteiger partial charge in [-0.3, -0.25) is 0 Å². The fourth-order valence-corrected chi connectivity index (χ4v) is 1.38. The lowest BCUT2D eigenvalue weighted by Crippen LogP contribution is -1.85. The molecule has 0 atom stereocenters. The van der Waals surface area contributed by atoms with E-state index in [1.807, 2.05) is 24.3 Å². The first-order valence-electron chi connectivity index (χ1n) is 4.14. The second kappa shape index (κ2) is 3.28. The lowest BCUT2D eigenvalue weighted by molar-refractivity contribution is 1.49. The van der Waals surface area contributed by atoms with Crippen LogP contribution in [-0.2, 0) is 0 Å². The van der Waals surface area contributed by atoms with E-state index in [4.69, 9.17) is 11.3 Å². The molecule has 14 heavy (non-hydrogen) atoms. The smallest absolute Gasteiger partial charge is 0.0611 e. The van der Waals surface area contributed by atoms with Gasteiger partial charge in [0.2, 0.25) is 0 Å². The number of hydrogen-bond acceptors (Lipinski definition) is 2. The third kappa shape index (κ3) is 1.34. The molecule has 0 fully saturated rings. The highest BCUT2D eigenvalue weighted by Gasteiger charge is 1.98. The van der Waals surface area contributed by atoms with Gasteiger partial charge in [0.15, 0.2) is 0 Å². The quantitative estimate of drug-likeness (QED) is 0.313. The Morgan fingerprint density at radius 2 is 1.79 bits per heavy atom. The van der Waals surface area contributed by atoms with Crippen molar-refractivity contribution >= 4 is 22.1 Å². The van der Waals surface area contributed by atoms with Crippen LogP contribution >= 0.6 is 0 Å². The normalized spacial score (nSPS) is 9.71. The number of benzene rings is 2. The molecule has 2 rings (SSSR count). The van der Waals surface area contributed by atoms with Gasteiger partial charge in [-0.15, -0.1) is 0 Å². The molecule has 0 bridgehead atoms. The Labute approximate surface area is 80.6 Å². The maximum Gasteiger partial charge on any atom is 0.0611 e. The van der Waals surface area contributed by atoms with E-state index in [9.17, 15) is 0 Å². The third-order valence-corrected chi connectivity index (χ3v) is 2.05. The highest BCUT2D eigenvalue weighted by Crippen LogP contribution is 2.28. The summed E-state index contributed by atoms with van der Waals surface area (Å²) in [7, 11) is 0. The van der Waals surface area contributed by atoms with Gasteiger partial charge in [0, 0.05) is 10.6 Å². The average Bonchev–Trinajstić information content (AvgIpc) is 2.19. The Morgan fingerprint density at radius 1 is 1.14 bits per heavy atom. The molecule has 2 aromatic rings. The number of fused-ring (bicyclic) bond motifs is 1. The molecule has 0 heterocycles. The van der Waals surface area contributed by atoms with Crippen LogP contribution in [0.1, 0.15) is 0 Å². The standard InChI is InChI=1S/C10H8N4/c11-9-5-7-3-1-2-4-8(7)6-10(9)13-14-12/h1-6H,11H2. The van der Waals surface area contributed by atoms with Crippen LogP contribution in [0, 0.1) is 0 Å². The van der Waals surface area contributed by atoms with Gasteiger partial charge >= 0.3 is 0 Å². The summed E-state index contributed by atoms with van der Waals surface area (Å²) in [5, 5.41) is 5.57. The van der Waals surface area contributed by atoms with E-state index in [2.05, 4.69) is 10.0 Å². The minimum absolute atomic E-state index is 0.478. The molecule has 2 aromatic carbocycles. The Morgan fingerprint density at radius 3 is 2.43 bits per heavy atom. The lowest BCUT2D eigenvalue weighted by Gasteiger charge is -2.02. The van der Waals surface area contributed by atoms with Crippen molar-refractivity contribution in [3.8, 4) is 0 Å². The zero-order valence-electron chi connectivity index (χ0n) is 7.38. The van der Waals surface area contributed by atoms with E-state index in [-0.39, 0.29) is 0 Å². The van der Waals surface area contributed by atoms with Crippen LogP contribution in [0.3, 0.4) is 0 Å². The van der Waals surface area contributed by atoms with Crippen LogP contribution in [0.5, 0.6) is 0 Å². The van der Waals surface area contributed by atoms with Crippen molar-refractivity contribution in [3.05, 3.63) is 46.8 Å². The zero-order chi connectivity index (χ0) is 9.97. The fraction of sp³-hybridized carbons (Fsp3) is 0. The Balaban J connectivity index is 2.76. The number of nitrogens with zero attached hydrogens (tertiary/aromatic N) is 3. The summed E-state index contributed by atoms with van der Waals surface area (Å²) in [5.41, 5.74) is 15.0. The number of rotatable bonds is 1. The molecule has 4 heteroatoms. The van der Waals surface area contributed by atoms with Crippen molar-refractivity contribution < 1.29 is 0 Å². The topological polar surface area (TPSA) is 74.8 Å². The van der Waals surface area contributed by atoms with Gasteiger partial charge in [0.05, 0.1) is 5.69 Å². The van der Waals surface area contributed by atoms with Crippen LogP contribution < -0.4 is 5.73 Å². The second-order valence-corrected chi connectivity index (χ2v) is 2.95. The summed E-state index contributed by atoms with van der Waals surface area (Å²) in [6.07, 6.45) is 0. The zero-order valence-corrected chi connectivity index (χ0v) is 7.38. The third-order valence-electron chi connectivity index (χ3n) is 2.05. The molecule has 0 aliphatic heterocycles. The van der Waals surface area contributed by atoms with Gasteiger partial charge < -0.3 is 5.73 Å². The average molecular weight is 184 g/mol. The fourth-order valence-electron chi connectivity index (χ4n) is 1.38. The van der Waals surface area contributed by atoms with Crippen molar-refractivity contribution in [2.45, 2.75) is 0 Å². The van der Waals surface area contributed by atoms with Gasteiger partial charge in [0.25, 0.3) is 0 Å². The van der Waals surface area contributed by atoms with E-state index in [1.165, 1.54) is 0 Å². The van der Waals surface area contributed by atoms with Crippen LogP contribution in [0.15, 0.2) is 41.5 Å². The van der Waals surface area contributed by atoms with E-state index >= 15 is 0 Å². The molecule has 2 N–H and O–H groups in total. The maximum atomic E-state index is 8.32. The first-order chi connectivity index (χ1) is 6.81. The first kappa shape index (κ1) is 8.41. The van der Waals surface area contributed by atoms with Gasteiger partial charge in [-0.2, -0.15) is 0 Å². The van der Waals surface area contributed by atoms with E-state index in [0.29, 0.717) is 11.4 Å². The SMILES string of the molecule is [N-]=[N+]=Nc1cc2ccccc2cc1N. The van der Waals surface area contributed by atoms with Crippen LogP contribution in [0.2, 0.25) is 0 Å². The van der Waals surface area contributed by atoms with Crippen molar-refractivity contribution in [3.63, 3.8) is 0 Å². The maximum absolute atomic E-state index is 8.32. The predicted octanol–water partition coefficient (Wildman–Crippen LogP) is 3.36. The molecular weight excluding hydrogens is 176 g/mol. The summed E-state index contributed by atoms with van der Waals surface area (Å²) in [6.45, 7) is 0. The Hall–Kier alpha value is -2.19. The summed E-state index contributed by atoms with van der Waals surface area (Å²) >= 11 is 0. The minimum Gasteiger partial charge on any atom is -0.398 e. The highest BCUT2D eigenvalue weighted by molar-refractivity contribution is 5.90. The van der Waals surface area contributed by atoms with E-state index in [1.54, 1.807) is 12.1 Å². The number of anilines is 1. The van der Waals surface area contributed by atoms with Crippen LogP contribution in [0.4, 0.5) is 11.4 Å². The van der Waals surface area contributed by atoms with E-state index in [0.717, 1.165) is 10.8 Å². The molecule has 0 saturated carbocycles. The largest absolute Gasteiger partial charge is 0.398 e. The number of nitrogens with two attached hydrogens (primary N) is 1. The van der Waals surface area contributed by atoms with Crippen molar-refractivity contribution in [1.29, 1.82) is 0 Å². The molecule has 0 aliphatic carbocycles. The molecular formula is C10H8N4. The second-order valence-electron chi connectivity index (χ2n) is 2.95. The van der Waals surface area contributed by atoms with Gasteiger partial charge in [-0.1, -0.05) is 29.4 Å². The van der Waals surface area contributed by atoms with Crippen molar-refractivity contribution in [2.75, 3.05) is 5.73 Å². The van der Waals surface area contributed by atoms with E-state index < -0.39 is 0 Å². The van der Waals surface area contributed by atoms with Crippen molar-refractivity contribution in [1.82, 2.24) is 0 Å². The van der Waals surface area contributed by atoms with Crippen LogP contribution in [0.25, 0.3) is 21.2 Å². The number of hydrogen-bond donors (Lipinski definition) is 1. The molecule has 4 nitrogen and oxygen atoms in total. The minimum atomic E-state index is 0.478. The number of azide groups is 1. The molecule has 0 saturated heterocycles. The Kier molecular flexibility index (Phi) is 1.97. The van der Waals surface area contributed by atoms with Gasteiger partial charge in [-0.25, -0.2) is 0 Å². The van der Waals surface area contributed by atoms with Gasteiger partial charge in [0.1, 0.15) is 0 Å². The van der Waals surface area contributed by atoms with Crippen molar-refractivity contribution in [2.24, 2.45) is 5.11 Å². The monoisotopic (exact) mass is 184 g/mol. The van der Waals surface area contributed by atoms with Gasteiger partial charge in [-0.05, 0) is 28.4 Å². The molecule has 68 valence electrons. The molecule has 0 unspecified atom stereocenters. The molecule has 0 aliphatic rings. The van der Waals surface area contributed by atoms with Crippen LogP contribution in [-0.4, -0.2) is 0 Å². The molecule has 0 spiro atoms.